The highest BCUT2D eigenvalue weighted by Crippen LogP contribution is 2.18. The average Bonchev–Trinajstić information content (AvgIpc) is 2.68. The van der Waals surface area contributed by atoms with Gasteiger partial charge in [0.1, 0.15) is 12.4 Å². The van der Waals surface area contributed by atoms with Crippen LogP contribution in [0.1, 0.15) is 11.1 Å². The van der Waals surface area contributed by atoms with E-state index >= 15 is 0 Å². The smallest absolute Gasteiger partial charge is 0.269 e. The highest BCUT2D eigenvalue weighted by Gasteiger charge is 2.08. The van der Waals surface area contributed by atoms with E-state index in [0.717, 1.165) is 5.56 Å². The van der Waals surface area contributed by atoms with Crippen LogP contribution in [0.4, 0.5) is 11.4 Å². The number of anilines is 1. The number of nitro benzene ring substituents is 1. The summed E-state index contributed by atoms with van der Waals surface area (Å²) in [7, 11) is 0. The van der Waals surface area contributed by atoms with E-state index in [2.05, 4.69) is 5.32 Å². The highest BCUT2D eigenvalue weighted by atomic mass is 16.6. The minimum absolute atomic E-state index is 0.00486. The Kier molecular flexibility index (Phi) is 5.79. The second-order valence-corrected chi connectivity index (χ2v) is 5.95. The van der Waals surface area contributed by atoms with Gasteiger partial charge < -0.3 is 10.1 Å². The van der Waals surface area contributed by atoms with Crippen LogP contribution in [0.15, 0.2) is 78.9 Å². The van der Waals surface area contributed by atoms with Crippen molar-refractivity contribution in [2.75, 3.05) is 5.32 Å². The molecule has 0 radical (unpaired) electrons. The molecular weight excluding hydrogens is 344 g/mol. The third-order valence-electron chi connectivity index (χ3n) is 3.90. The van der Waals surface area contributed by atoms with Gasteiger partial charge in [-0.3, -0.25) is 14.9 Å². The topological polar surface area (TPSA) is 81.5 Å². The largest absolute Gasteiger partial charge is 0.489 e. The SMILES string of the molecule is O=C(Cc1ccc([N+](=O)[O-])cc1)Nc1ccc(OCc2ccccc2)cc1. The maximum absolute atomic E-state index is 12.1. The molecule has 0 aliphatic carbocycles. The van der Waals surface area contributed by atoms with Crippen LogP contribution in [0, 0.1) is 10.1 Å². The monoisotopic (exact) mass is 362 g/mol. The lowest BCUT2D eigenvalue weighted by Crippen LogP contribution is -2.14. The number of rotatable bonds is 7. The Morgan fingerprint density at radius 2 is 1.56 bits per heavy atom. The molecule has 0 aliphatic heterocycles. The number of hydrogen-bond acceptors (Lipinski definition) is 4. The maximum Gasteiger partial charge on any atom is 0.269 e. The summed E-state index contributed by atoms with van der Waals surface area (Å²) in [5, 5.41) is 13.4. The molecule has 0 aliphatic rings. The molecule has 3 aromatic carbocycles. The molecule has 3 aromatic rings. The number of ether oxygens (including phenoxy) is 1. The lowest BCUT2D eigenvalue weighted by Gasteiger charge is -2.08. The molecule has 0 aromatic heterocycles. The molecule has 0 bridgehead atoms. The van der Waals surface area contributed by atoms with Crippen LogP contribution >= 0.6 is 0 Å². The molecule has 6 heteroatoms. The van der Waals surface area contributed by atoms with Crippen molar-refractivity contribution < 1.29 is 14.5 Å². The van der Waals surface area contributed by atoms with Crippen LogP contribution in [0.25, 0.3) is 0 Å². The van der Waals surface area contributed by atoms with Crippen LogP contribution in [0.2, 0.25) is 0 Å². The fraction of sp³-hybridized carbons (Fsp3) is 0.0952. The van der Waals surface area contributed by atoms with Gasteiger partial charge in [0.25, 0.3) is 5.69 Å². The normalized spacial score (nSPS) is 10.2. The number of carbonyl (C=O) groups excluding carboxylic acids is 1. The van der Waals surface area contributed by atoms with E-state index in [-0.39, 0.29) is 18.0 Å². The van der Waals surface area contributed by atoms with Gasteiger partial charge in [0.2, 0.25) is 5.91 Å². The molecule has 1 amide bonds. The molecule has 0 atom stereocenters. The minimum atomic E-state index is -0.467. The molecule has 0 spiro atoms. The van der Waals surface area contributed by atoms with Gasteiger partial charge in [-0.1, -0.05) is 42.5 Å². The zero-order valence-corrected chi connectivity index (χ0v) is 14.5. The van der Waals surface area contributed by atoms with E-state index in [1.165, 1.54) is 12.1 Å². The van der Waals surface area contributed by atoms with Gasteiger partial charge >= 0.3 is 0 Å². The van der Waals surface area contributed by atoms with Gasteiger partial charge in [0.15, 0.2) is 0 Å². The third kappa shape index (κ3) is 5.40. The van der Waals surface area contributed by atoms with E-state index in [1.807, 2.05) is 30.3 Å². The van der Waals surface area contributed by atoms with Crippen molar-refractivity contribution in [3.05, 3.63) is 100 Å². The number of benzene rings is 3. The second kappa shape index (κ2) is 8.62. The van der Waals surface area contributed by atoms with Crippen molar-refractivity contribution in [2.24, 2.45) is 0 Å². The average molecular weight is 362 g/mol. The molecule has 1 N–H and O–H groups in total. The fourth-order valence-electron chi connectivity index (χ4n) is 2.50. The number of amides is 1. The molecule has 0 saturated carbocycles. The second-order valence-electron chi connectivity index (χ2n) is 5.95. The van der Waals surface area contributed by atoms with Crippen LogP contribution < -0.4 is 10.1 Å². The summed E-state index contributed by atoms with van der Waals surface area (Å²) in [6, 6.07) is 22.9. The van der Waals surface area contributed by atoms with Gasteiger partial charge in [0.05, 0.1) is 11.3 Å². The van der Waals surface area contributed by atoms with Crippen LogP contribution in [0.5, 0.6) is 5.75 Å². The molecule has 3 rings (SSSR count). The first-order chi connectivity index (χ1) is 13.1. The summed E-state index contributed by atoms with van der Waals surface area (Å²) >= 11 is 0. The quantitative estimate of drug-likeness (QED) is 0.500. The number of non-ortho nitro benzene ring substituents is 1. The van der Waals surface area contributed by atoms with Gasteiger partial charge in [-0.2, -0.15) is 0 Å². The number of nitro groups is 1. The fourth-order valence-corrected chi connectivity index (χ4v) is 2.50. The number of hydrogen-bond donors (Lipinski definition) is 1. The van der Waals surface area contributed by atoms with E-state index in [1.54, 1.807) is 36.4 Å². The Hall–Kier alpha value is -3.67. The predicted molar refractivity (Wildman–Crippen MR) is 103 cm³/mol. The van der Waals surface area contributed by atoms with Crippen LogP contribution in [0.3, 0.4) is 0 Å². The van der Waals surface area contributed by atoms with E-state index in [0.29, 0.717) is 23.6 Å². The molecule has 6 nitrogen and oxygen atoms in total. The first-order valence-electron chi connectivity index (χ1n) is 8.40. The highest BCUT2D eigenvalue weighted by molar-refractivity contribution is 5.92. The Labute approximate surface area is 156 Å². The van der Waals surface area contributed by atoms with Gasteiger partial charge in [-0.25, -0.2) is 0 Å². The van der Waals surface area contributed by atoms with Crippen molar-refractivity contribution >= 4 is 17.3 Å². The van der Waals surface area contributed by atoms with Crippen molar-refractivity contribution in [3.8, 4) is 5.75 Å². The number of carbonyl (C=O) groups is 1. The molecular formula is C21H18N2O4. The van der Waals surface area contributed by atoms with E-state index in [9.17, 15) is 14.9 Å². The Balaban J connectivity index is 1.51. The number of nitrogens with zero attached hydrogens (tertiary/aromatic N) is 1. The summed E-state index contributed by atoms with van der Waals surface area (Å²) in [6.45, 7) is 0.479. The summed E-state index contributed by atoms with van der Waals surface area (Å²) < 4.78 is 5.71. The Morgan fingerprint density at radius 1 is 0.889 bits per heavy atom. The lowest BCUT2D eigenvalue weighted by atomic mass is 10.1. The van der Waals surface area contributed by atoms with E-state index in [4.69, 9.17) is 4.74 Å². The Morgan fingerprint density at radius 3 is 2.19 bits per heavy atom. The molecule has 136 valence electrons. The van der Waals surface area contributed by atoms with Gasteiger partial charge in [0, 0.05) is 17.8 Å². The van der Waals surface area contributed by atoms with Crippen LogP contribution in [-0.2, 0) is 17.8 Å². The predicted octanol–water partition coefficient (Wildman–Crippen LogP) is 4.36. The molecule has 0 unspecified atom stereocenters. The van der Waals surface area contributed by atoms with E-state index < -0.39 is 4.92 Å². The number of nitrogens with one attached hydrogen (secondary N) is 1. The first kappa shape index (κ1) is 18.1. The van der Waals surface area contributed by atoms with Crippen molar-refractivity contribution in [1.29, 1.82) is 0 Å². The van der Waals surface area contributed by atoms with Crippen molar-refractivity contribution in [3.63, 3.8) is 0 Å². The summed E-state index contributed by atoms with van der Waals surface area (Å²) in [5.74, 6) is 0.522. The zero-order chi connectivity index (χ0) is 19.1. The summed E-state index contributed by atoms with van der Waals surface area (Å²) in [4.78, 5) is 22.3. The Bertz CT molecular complexity index is 907. The molecule has 0 heterocycles. The first-order valence-corrected chi connectivity index (χ1v) is 8.40. The zero-order valence-electron chi connectivity index (χ0n) is 14.5. The minimum Gasteiger partial charge on any atom is -0.489 e. The summed E-state index contributed by atoms with van der Waals surface area (Å²) in [6.07, 6.45) is 0.143. The van der Waals surface area contributed by atoms with Gasteiger partial charge in [-0.05, 0) is 35.4 Å². The van der Waals surface area contributed by atoms with Crippen LogP contribution in [-0.4, -0.2) is 10.8 Å². The summed E-state index contributed by atoms with van der Waals surface area (Å²) in [5.41, 5.74) is 2.46. The third-order valence-corrected chi connectivity index (χ3v) is 3.90. The van der Waals surface area contributed by atoms with Crippen molar-refractivity contribution in [2.45, 2.75) is 13.0 Å². The molecule has 0 fully saturated rings. The standard InChI is InChI=1S/C21H18N2O4/c24-21(14-16-6-10-19(11-7-16)23(25)26)22-18-8-12-20(13-9-18)27-15-17-4-2-1-3-5-17/h1-13H,14-15H2,(H,22,24). The molecule has 27 heavy (non-hydrogen) atoms. The molecule has 0 saturated heterocycles. The maximum atomic E-state index is 12.1. The van der Waals surface area contributed by atoms with Crippen molar-refractivity contribution in [1.82, 2.24) is 0 Å². The van der Waals surface area contributed by atoms with Gasteiger partial charge in [-0.15, -0.1) is 0 Å². The lowest BCUT2D eigenvalue weighted by molar-refractivity contribution is -0.384.